The van der Waals surface area contributed by atoms with Crippen LogP contribution in [0.3, 0.4) is 0 Å². The van der Waals surface area contributed by atoms with Gasteiger partial charge >= 0.3 is 12.2 Å². The lowest BCUT2D eigenvalue weighted by Gasteiger charge is -2.18. The molecular formula is C27H20N7O2+. The molecule has 0 saturated carbocycles. The molecule has 6 rings (SSSR count). The first kappa shape index (κ1) is 21.3. The molecule has 4 heterocycles. The molecule has 0 aliphatic carbocycles. The van der Waals surface area contributed by atoms with Crippen LogP contribution in [0.15, 0.2) is 83.9 Å². The summed E-state index contributed by atoms with van der Waals surface area (Å²) >= 11 is 0. The third kappa shape index (κ3) is 3.58. The van der Waals surface area contributed by atoms with Gasteiger partial charge in [-0.1, -0.05) is 36.4 Å². The summed E-state index contributed by atoms with van der Waals surface area (Å²) in [5.74, 6) is 1.12. The summed E-state index contributed by atoms with van der Waals surface area (Å²) in [4.78, 5) is 31.2. The number of nitrogens with zero attached hydrogens (tertiary/aromatic N) is 5. The van der Waals surface area contributed by atoms with E-state index in [-0.39, 0.29) is 11.5 Å². The zero-order chi connectivity index (χ0) is 24.6. The molecule has 2 aromatic carbocycles. The Hall–Kier alpha value is -5.23. The summed E-state index contributed by atoms with van der Waals surface area (Å²) in [6.07, 6.45) is 2.61. The summed E-state index contributed by atoms with van der Waals surface area (Å²) in [6, 6.07) is 23.9. The van der Waals surface area contributed by atoms with E-state index < -0.39 is 6.17 Å². The highest BCUT2D eigenvalue weighted by molar-refractivity contribution is 5.96. The molecule has 5 aromatic rings. The number of nitrogens with two attached hydrogens (primary N) is 1. The number of hydrogen-bond donors (Lipinski definition) is 2. The molecule has 1 aliphatic rings. The molecular weight excluding hydrogens is 454 g/mol. The number of para-hydroxylation sites is 1. The zero-order valence-corrected chi connectivity index (χ0v) is 19.2. The van der Waals surface area contributed by atoms with Gasteiger partial charge < -0.3 is 10.5 Å². The molecule has 174 valence electrons. The molecule has 36 heavy (non-hydrogen) atoms. The van der Waals surface area contributed by atoms with Gasteiger partial charge in [-0.3, -0.25) is 14.7 Å². The second-order valence-corrected chi connectivity index (χ2v) is 8.18. The van der Waals surface area contributed by atoms with Gasteiger partial charge in [0.1, 0.15) is 5.69 Å². The van der Waals surface area contributed by atoms with Crippen LogP contribution in [0, 0.1) is 6.07 Å². The van der Waals surface area contributed by atoms with Crippen LogP contribution >= 0.6 is 0 Å². The standard InChI is InChI=1S/C27H19N7O2/c1-36-22-13-16(10-11-29-22)20-9-5-6-17-12-21(25-30-14-18-15-31-27(28)33-24(18)32-25)34(26(35)23(17)20)19-7-3-2-4-8-19/h2-13,15,25H,1H3,(H2,28,32,33)/p+1. The SMILES string of the molecule is COc1cc(-c2cccc3cc(C4[N+]#Cc5cnc(N)nc5N4)n(-c4ccccc4)c(=O)c23)ccn1. The van der Waals surface area contributed by atoms with Gasteiger partial charge in [0.2, 0.25) is 11.8 Å². The molecule has 0 bridgehead atoms. The van der Waals surface area contributed by atoms with Crippen molar-refractivity contribution in [3.05, 3.63) is 106 Å². The van der Waals surface area contributed by atoms with E-state index in [2.05, 4.69) is 31.2 Å². The van der Waals surface area contributed by atoms with Gasteiger partial charge in [-0.25, -0.2) is 9.97 Å². The van der Waals surface area contributed by atoms with Gasteiger partial charge in [0.05, 0.1) is 18.7 Å². The number of aromatic nitrogens is 4. The number of rotatable bonds is 4. The summed E-state index contributed by atoms with van der Waals surface area (Å²) in [5, 5.41) is 4.63. The van der Waals surface area contributed by atoms with Crippen LogP contribution in [0.25, 0.3) is 32.4 Å². The van der Waals surface area contributed by atoms with Crippen LogP contribution in [-0.2, 0) is 0 Å². The number of nitrogens with one attached hydrogen (secondary N) is 1. The quantitative estimate of drug-likeness (QED) is 0.401. The average Bonchev–Trinajstić information content (AvgIpc) is 2.92. The van der Waals surface area contributed by atoms with Crippen LogP contribution in [0.2, 0.25) is 0 Å². The molecule has 3 aromatic heterocycles. The molecule has 0 saturated heterocycles. The summed E-state index contributed by atoms with van der Waals surface area (Å²) in [5.41, 5.74) is 9.18. The van der Waals surface area contributed by atoms with Crippen molar-refractivity contribution in [1.82, 2.24) is 19.5 Å². The highest BCUT2D eigenvalue weighted by atomic mass is 16.5. The summed E-state index contributed by atoms with van der Waals surface area (Å²) < 4.78 is 6.98. The van der Waals surface area contributed by atoms with Crippen molar-refractivity contribution in [3.8, 4) is 28.8 Å². The molecule has 1 unspecified atom stereocenters. The highest BCUT2D eigenvalue weighted by Gasteiger charge is 2.31. The van der Waals surface area contributed by atoms with Crippen molar-refractivity contribution in [2.24, 2.45) is 0 Å². The lowest BCUT2D eigenvalue weighted by molar-refractivity contribution is 0.398. The van der Waals surface area contributed by atoms with Crippen molar-refractivity contribution >= 4 is 22.5 Å². The van der Waals surface area contributed by atoms with Crippen LogP contribution < -0.4 is 21.3 Å². The number of ether oxygens (including phenoxy) is 1. The average molecular weight is 475 g/mol. The van der Waals surface area contributed by atoms with Gasteiger partial charge in [-0.2, -0.15) is 4.98 Å². The number of fused-ring (bicyclic) bond motifs is 2. The fourth-order valence-electron chi connectivity index (χ4n) is 4.38. The molecule has 1 aliphatic heterocycles. The maximum atomic E-state index is 14.2. The number of benzene rings is 2. The summed E-state index contributed by atoms with van der Waals surface area (Å²) in [7, 11) is 1.56. The van der Waals surface area contributed by atoms with E-state index in [1.54, 1.807) is 24.1 Å². The van der Waals surface area contributed by atoms with Crippen LogP contribution in [0.1, 0.15) is 17.4 Å². The highest BCUT2D eigenvalue weighted by Crippen LogP contribution is 2.32. The molecule has 1 atom stereocenters. The lowest BCUT2D eigenvalue weighted by Crippen LogP contribution is -2.26. The van der Waals surface area contributed by atoms with Crippen molar-refractivity contribution in [3.63, 3.8) is 0 Å². The van der Waals surface area contributed by atoms with Crippen LogP contribution in [0.5, 0.6) is 5.88 Å². The van der Waals surface area contributed by atoms with E-state index in [1.807, 2.05) is 66.7 Å². The number of hydrogen-bond acceptors (Lipinski definition) is 7. The number of methoxy groups -OCH3 is 1. The van der Waals surface area contributed by atoms with Gasteiger partial charge in [-0.05, 0) is 45.6 Å². The van der Waals surface area contributed by atoms with E-state index in [0.29, 0.717) is 34.0 Å². The van der Waals surface area contributed by atoms with Crippen molar-refractivity contribution < 1.29 is 4.74 Å². The third-order valence-corrected chi connectivity index (χ3v) is 6.02. The molecule has 0 spiro atoms. The minimum absolute atomic E-state index is 0.139. The van der Waals surface area contributed by atoms with Crippen molar-refractivity contribution in [1.29, 1.82) is 0 Å². The van der Waals surface area contributed by atoms with Crippen molar-refractivity contribution in [2.75, 3.05) is 18.2 Å². The minimum Gasteiger partial charge on any atom is -0.481 e. The molecule has 0 radical (unpaired) electrons. The van der Waals surface area contributed by atoms with Crippen molar-refractivity contribution in [2.45, 2.75) is 6.17 Å². The largest absolute Gasteiger partial charge is 0.481 e. The predicted molar refractivity (Wildman–Crippen MR) is 138 cm³/mol. The normalized spacial score (nSPS) is 13.9. The first-order valence-electron chi connectivity index (χ1n) is 11.2. The Morgan fingerprint density at radius 2 is 1.94 bits per heavy atom. The first-order chi connectivity index (χ1) is 17.6. The Bertz CT molecular complexity index is 1750. The van der Waals surface area contributed by atoms with Gasteiger partial charge in [-0.15, -0.1) is 0 Å². The lowest BCUT2D eigenvalue weighted by atomic mass is 9.99. The second kappa shape index (κ2) is 8.52. The topological polar surface area (TPSA) is 112 Å². The van der Waals surface area contributed by atoms with E-state index >= 15 is 0 Å². The fourth-order valence-corrected chi connectivity index (χ4v) is 4.38. The van der Waals surface area contributed by atoms with E-state index in [0.717, 1.165) is 16.5 Å². The predicted octanol–water partition coefficient (Wildman–Crippen LogP) is 4.24. The Labute approximate surface area is 205 Å². The minimum atomic E-state index is -0.617. The molecule has 9 heteroatoms. The molecule has 9 nitrogen and oxygen atoms in total. The maximum absolute atomic E-state index is 14.2. The summed E-state index contributed by atoms with van der Waals surface area (Å²) in [6.45, 7) is 0. The molecule has 0 amide bonds. The first-order valence-corrected chi connectivity index (χ1v) is 11.2. The van der Waals surface area contributed by atoms with E-state index in [9.17, 15) is 4.79 Å². The van der Waals surface area contributed by atoms with Gasteiger partial charge in [0, 0.05) is 18.0 Å². The molecule has 0 fully saturated rings. The van der Waals surface area contributed by atoms with Gasteiger partial charge in [0.25, 0.3) is 5.56 Å². The second-order valence-electron chi connectivity index (χ2n) is 8.18. The Kier molecular flexibility index (Phi) is 5.05. The Morgan fingerprint density at radius 1 is 1.08 bits per heavy atom. The zero-order valence-electron chi connectivity index (χ0n) is 19.2. The number of nitrogen functional groups attached to an aromatic ring is 1. The van der Waals surface area contributed by atoms with E-state index in [4.69, 9.17) is 10.5 Å². The van der Waals surface area contributed by atoms with Crippen LogP contribution in [0.4, 0.5) is 11.8 Å². The third-order valence-electron chi connectivity index (χ3n) is 6.02. The smallest absolute Gasteiger partial charge is 0.388 e. The van der Waals surface area contributed by atoms with E-state index in [1.165, 1.54) is 0 Å². The monoisotopic (exact) mass is 474 g/mol. The molecule has 3 N–H and O–H groups in total. The van der Waals surface area contributed by atoms with Crippen LogP contribution in [-0.4, -0.2) is 26.6 Å². The Morgan fingerprint density at radius 3 is 2.78 bits per heavy atom. The number of pyridine rings is 2. The fraction of sp³-hybridized carbons (Fsp3) is 0.0741. The van der Waals surface area contributed by atoms with Gasteiger partial charge in [0.15, 0.2) is 11.4 Å². The number of anilines is 2. The Balaban J connectivity index is 1.62. The maximum Gasteiger partial charge on any atom is 0.388 e.